The predicted molar refractivity (Wildman–Crippen MR) is 66.8 cm³/mol. The molecule has 3 heterocycles. The van der Waals surface area contributed by atoms with Gasteiger partial charge in [0, 0.05) is 11.4 Å². The largest absolute Gasteiger partial charge is 0.304 e. The Kier molecular flexibility index (Phi) is 2.20. The number of hydrogen-bond donors (Lipinski definition) is 1. The summed E-state index contributed by atoms with van der Waals surface area (Å²) in [5.74, 6) is 0. The van der Waals surface area contributed by atoms with Gasteiger partial charge in [0.1, 0.15) is 0 Å². The van der Waals surface area contributed by atoms with E-state index in [1.54, 1.807) is 16.2 Å². The van der Waals surface area contributed by atoms with Crippen LogP contribution < -0.4 is 5.32 Å². The summed E-state index contributed by atoms with van der Waals surface area (Å²) in [7, 11) is 0. The highest BCUT2D eigenvalue weighted by Crippen LogP contribution is 2.37. The molecule has 1 N–H and O–H groups in total. The van der Waals surface area contributed by atoms with Crippen LogP contribution in [0, 0.1) is 0 Å². The van der Waals surface area contributed by atoms with Gasteiger partial charge >= 0.3 is 0 Å². The SMILES string of the molecule is CC1(c2ccsc2)NCCc2sccc21. The molecule has 15 heavy (non-hydrogen) atoms. The summed E-state index contributed by atoms with van der Waals surface area (Å²) in [5.41, 5.74) is 2.90. The number of nitrogens with one attached hydrogen (secondary N) is 1. The topological polar surface area (TPSA) is 12.0 Å². The first kappa shape index (κ1) is 9.58. The van der Waals surface area contributed by atoms with Gasteiger partial charge in [-0.3, -0.25) is 0 Å². The van der Waals surface area contributed by atoms with Crippen molar-refractivity contribution in [1.29, 1.82) is 0 Å². The highest BCUT2D eigenvalue weighted by Gasteiger charge is 2.34. The molecule has 1 nitrogen and oxygen atoms in total. The summed E-state index contributed by atoms with van der Waals surface area (Å²) >= 11 is 3.66. The zero-order valence-electron chi connectivity index (χ0n) is 8.62. The molecule has 3 heteroatoms. The van der Waals surface area contributed by atoms with Gasteiger partial charge < -0.3 is 5.32 Å². The average Bonchev–Trinajstić information content (AvgIpc) is 2.89. The second kappa shape index (κ2) is 3.44. The van der Waals surface area contributed by atoms with Crippen LogP contribution in [0.15, 0.2) is 28.3 Å². The van der Waals surface area contributed by atoms with Crippen molar-refractivity contribution in [3.63, 3.8) is 0 Å². The third-order valence-corrected chi connectivity index (χ3v) is 4.88. The third kappa shape index (κ3) is 1.38. The second-order valence-electron chi connectivity index (χ2n) is 4.07. The fourth-order valence-corrected chi connectivity index (χ4v) is 4.06. The highest BCUT2D eigenvalue weighted by atomic mass is 32.1. The van der Waals surface area contributed by atoms with Crippen LogP contribution in [0.3, 0.4) is 0 Å². The van der Waals surface area contributed by atoms with E-state index < -0.39 is 0 Å². The maximum absolute atomic E-state index is 3.65. The average molecular weight is 235 g/mol. The zero-order chi connectivity index (χ0) is 10.3. The summed E-state index contributed by atoms with van der Waals surface area (Å²) in [6.45, 7) is 3.37. The van der Waals surface area contributed by atoms with Crippen molar-refractivity contribution in [2.75, 3.05) is 6.54 Å². The first-order valence-corrected chi connectivity index (χ1v) is 6.97. The number of fused-ring (bicyclic) bond motifs is 1. The van der Waals surface area contributed by atoms with Gasteiger partial charge in [0.25, 0.3) is 0 Å². The predicted octanol–water partition coefficient (Wildman–Crippen LogP) is 3.22. The second-order valence-corrected chi connectivity index (χ2v) is 5.85. The summed E-state index contributed by atoms with van der Waals surface area (Å²) in [6.07, 6.45) is 1.17. The van der Waals surface area contributed by atoms with Crippen LogP contribution in [0.2, 0.25) is 0 Å². The van der Waals surface area contributed by atoms with Gasteiger partial charge in [-0.2, -0.15) is 11.3 Å². The Balaban J connectivity index is 2.15. The standard InChI is InChI=1S/C12H13NS2/c1-12(9-3-6-14-8-9)10-4-7-15-11(10)2-5-13-12/h3-4,6-8,13H,2,5H2,1H3. The molecule has 3 rings (SSSR count). The maximum atomic E-state index is 3.65. The molecule has 2 aromatic heterocycles. The van der Waals surface area contributed by atoms with E-state index in [2.05, 4.69) is 40.5 Å². The van der Waals surface area contributed by atoms with Crippen molar-refractivity contribution < 1.29 is 0 Å². The Morgan fingerprint density at radius 2 is 2.27 bits per heavy atom. The van der Waals surface area contributed by atoms with Crippen LogP contribution in [0.5, 0.6) is 0 Å². The van der Waals surface area contributed by atoms with Crippen molar-refractivity contribution >= 4 is 22.7 Å². The summed E-state index contributed by atoms with van der Waals surface area (Å²) in [4.78, 5) is 1.54. The molecule has 1 unspecified atom stereocenters. The molecule has 78 valence electrons. The van der Waals surface area contributed by atoms with Crippen molar-refractivity contribution in [3.8, 4) is 0 Å². The van der Waals surface area contributed by atoms with E-state index >= 15 is 0 Å². The van der Waals surface area contributed by atoms with Crippen molar-refractivity contribution in [3.05, 3.63) is 44.3 Å². The molecule has 0 saturated carbocycles. The monoisotopic (exact) mass is 235 g/mol. The summed E-state index contributed by atoms with van der Waals surface area (Å²) in [5, 5.41) is 10.3. The Labute approximate surface area is 97.8 Å². The van der Waals surface area contributed by atoms with E-state index in [4.69, 9.17) is 0 Å². The lowest BCUT2D eigenvalue weighted by molar-refractivity contribution is 0.420. The van der Waals surface area contributed by atoms with Crippen LogP contribution in [0.4, 0.5) is 0 Å². The molecule has 0 spiro atoms. The Morgan fingerprint density at radius 1 is 1.33 bits per heavy atom. The minimum atomic E-state index is 0.0353. The molecule has 0 saturated heterocycles. The molecule has 1 atom stereocenters. The van der Waals surface area contributed by atoms with E-state index in [1.165, 1.54) is 17.5 Å². The van der Waals surface area contributed by atoms with Crippen molar-refractivity contribution in [2.45, 2.75) is 18.9 Å². The molecule has 0 fully saturated rings. The van der Waals surface area contributed by atoms with E-state index in [1.807, 2.05) is 11.3 Å². The highest BCUT2D eigenvalue weighted by molar-refractivity contribution is 7.10. The molecule has 1 aliphatic heterocycles. The molecular formula is C12H13NS2. The lowest BCUT2D eigenvalue weighted by atomic mass is 9.84. The van der Waals surface area contributed by atoms with Gasteiger partial charge in [0.05, 0.1) is 5.54 Å². The van der Waals surface area contributed by atoms with Crippen molar-refractivity contribution in [2.24, 2.45) is 0 Å². The number of hydrogen-bond acceptors (Lipinski definition) is 3. The molecule has 0 bridgehead atoms. The van der Waals surface area contributed by atoms with Crippen LogP contribution in [-0.2, 0) is 12.0 Å². The lowest BCUT2D eigenvalue weighted by Gasteiger charge is -2.35. The molecule has 0 radical (unpaired) electrons. The molecular weight excluding hydrogens is 222 g/mol. The van der Waals surface area contributed by atoms with Crippen LogP contribution >= 0.6 is 22.7 Å². The summed E-state index contributed by atoms with van der Waals surface area (Å²) in [6, 6.07) is 4.49. The number of rotatable bonds is 1. The molecule has 0 aliphatic carbocycles. The van der Waals surface area contributed by atoms with E-state index in [0.717, 1.165) is 6.54 Å². The fourth-order valence-electron chi connectivity index (χ4n) is 2.31. The van der Waals surface area contributed by atoms with Crippen LogP contribution in [0.1, 0.15) is 22.9 Å². The van der Waals surface area contributed by atoms with Crippen LogP contribution in [-0.4, -0.2) is 6.54 Å². The summed E-state index contributed by atoms with van der Waals surface area (Å²) < 4.78 is 0. The van der Waals surface area contributed by atoms with Gasteiger partial charge in [0.2, 0.25) is 0 Å². The number of thiophene rings is 2. The molecule has 1 aliphatic rings. The molecule has 2 aromatic rings. The quantitative estimate of drug-likeness (QED) is 0.800. The Hall–Kier alpha value is -0.640. The van der Waals surface area contributed by atoms with Crippen molar-refractivity contribution in [1.82, 2.24) is 5.32 Å². The smallest absolute Gasteiger partial charge is 0.0681 e. The van der Waals surface area contributed by atoms with Gasteiger partial charge in [-0.25, -0.2) is 0 Å². The van der Waals surface area contributed by atoms with Gasteiger partial charge in [-0.15, -0.1) is 11.3 Å². The minimum Gasteiger partial charge on any atom is -0.304 e. The van der Waals surface area contributed by atoms with E-state index in [-0.39, 0.29) is 5.54 Å². The third-order valence-electron chi connectivity index (χ3n) is 3.21. The van der Waals surface area contributed by atoms with Gasteiger partial charge in [0.15, 0.2) is 0 Å². The Bertz CT molecular complexity index is 458. The fraction of sp³-hybridized carbons (Fsp3) is 0.333. The van der Waals surface area contributed by atoms with E-state index in [9.17, 15) is 0 Å². The molecule has 0 amide bonds. The Morgan fingerprint density at radius 3 is 3.07 bits per heavy atom. The van der Waals surface area contributed by atoms with Crippen LogP contribution in [0.25, 0.3) is 0 Å². The lowest BCUT2D eigenvalue weighted by Crippen LogP contribution is -2.44. The van der Waals surface area contributed by atoms with Gasteiger partial charge in [-0.05, 0) is 52.7 Å². The zero-order valence-corrected chi connectivity index (χ0v) is 10.3. The first-order valence-electron chi connectivity index (χ1n) is 5.15. The molecule has 0 aromatic carbocycles. The minimum absolute atomic E-state index is 0.0353. The maximum Gasteiger partial charge on any atom is 0.0681 e. The van der Waals surface area contributed by atoms with Gasteiger partial charge in [-0.1, -0.05) is 0 Å². The normalized spacial score (nSPS) is 25.1. The first-order chi connectivity index (χ1) is 7.31. The van der Waals surface area contributed by atoms with E-state index in [0.29, 0.717) is 0 Å².